The van der Waals surface area contributed by atoms with Gasteiger partial charge in [-0.2, -0.15) is 0 Å². The predicted octanol–water partition coefficient (Wildman–Crippen LogP) is 3.59. The Labute approximate surface area is 186 Å². The maximum absolute atomic E-state index is 12.8. The molecule has 1 heterocycles. The van der Waals surface area contributed by atoms with E-state index in [0.29, 0.717) is 17.1 Å². The Balaban J connectivity index is 2.22. The molecule has 0 radical (unpaired) electrons. The number of amides is 1. The van der Waals surface area contributed by atoms with Gasteiger partial charge in [0, 0.05) is 25.7 Å². The number of likely N-dealkylation sites (N-methyl/N-ethyl adjacent to an activating group) is 1. The number of likely N-dealkylation sites (tertiary alicyclic amines) is 1. The standard InChI is InChI=1S/C20H31Cl2N3O3S/c1-20(2,3)29(28)23-19(14-10-15(21)16(22)11-17(14)26)13-6-8-25(9-7-13)12-18(27)24(4)5/h10-11,13,19,23,26H,6-9,12H2,1-5H3. The third kappa shape index (κ3) is 6.56. The lowest BCUT2D eigenvalue weighted by Crippen LogP contribution is -2.45. The van der Waals surface area contributed by atoms with Crippen LogP contribution >= 0.6 is 23.2 Å². The molecule has 2 rings (SSSR count). The summed E-state index contributed by atoms with van der Waals surface area (Å²) in [5.74, 6) is 0.247. The second-order valence-corrected chi connectivity index (χ2v) is 11.5. The fourth-order valence-corrected chi connectivity index (χ4v) is 4.52. The number of carbonyl (C=O) groups excluding carboxylic acids is 1. The third-order valence-electron chi connectivity index (χ3n) is 5.16. The lowest BCUT2D eigenvalue weighted by atomic mass is 9.85. The molecule has 1 aromatic carbocycles. The lowest BCUT2D eigenvalue weighted by molar-refractivity contribution is -0.130. The Morgan fingerprint density at radius 3 is 2.34 bits per heavy atom. The Kier molecular flexibility index (Phi) is 8.39. The number of nitrogens with one attached hydrogen (secondary N) is 1. The number of nitrogens with zero attached hydrogens (tertiary/aromatic N) is 2. The Morgan fingerprint density at radius 1 is 1.28 bits per heavy atom. The van der Waals surface area contributed by atoms with E-state index in [2.05, 4.69) is 9.62 Å². The minimum Gasteiger partial charge on any atom is -0.508 e. The van der Waals surface area contributed by atoms with E-state index in [1.54, 1.807) is 25.1 Å². The summed E-state index contributed by atoms with van der Waals surface area (Å²) in [7, 11) is 2.18. The molecule has 1 amide bonds. The molecule has 2 unspecified atom stereocenters. The van der Waals surface area contributed by atoms with E-state index in [-0.39, 0.29) is 28.6 Å². The summed E-state index contributed by atoms with van der Waals surface area (Å²) in [6, 6.07) is 2.74. The summed E-state index contributed by atoms with van der Waals surface area (Å²) in [5, 5.41) is 11.1. The molecule has 9 heteroatoms. The molecule has 1 aliphatic rings. The highest BCUT2D eigenvalue weighted by atomic mass is 35.5. The lowest BCUT2D eigenvalue weighted by Gasteiger charge is -2.37. The van der Waals surface area contributed by atoms with Gasteiger partial charge in [0.05, 0.1) is 38.4 Å². The molecule has 0 saturated carbocycles. The van der Waals surface area contributed by atoms with E-state index >= 15 is 0 Å². The molecule has 2 N–H and O–H groups in total. The fourth-order valence-electron chi connectivity index (χ4n) is 3.28. The topological polar surface area (TPSA) is 72.9 Å². The quantitative estimate of drug-likeness (QED) is 0.675. The van der Waals surface area contributed by atoms with Crippen LogP contribution in [0.15, 0.2) is 12.1 Å². The average Bonchev–Trinajstić information content (AvgIpc) is 2.62. The number of piperidine rings is 1. The molecule has 0 bridgehead atoms. The highest BCUT2D eigenvalue weighted by Crippen LogP contribution is 2.39. The molecule has 1 aromatic rings. The summed E-state index contributed by atoms with van der Waals surface area (Å²) >= 11 is 12.2. The number of hydrogen-bond acceptors (Lipinski definition) is 4. The smallest absolute Gasteiger partial charge is 0.236 e. The monoisotopic (exact) mass is 463 g/mol. The number of benzene rings is 1. The number of carbonyl (C=O) groups is 1. The van der Waals surface area contributed by atoms with Crippen LogP contribution in [0, 0.1) is 5.92 Å². The molecule has 0 aromatic heterocycles. The van der Waals surface area contributed by atoms with Crippen LogP contribution in [0.1, 0.15) is 45.2 Å². The van der Waals surface area contributed by atoms with Gasteiger partial charge in [0.15, 0.2) is 0 Å². The number of phenols is 1. The molecule has 0 aliphatic carbocycles. The first-order valence-corrected chi connectivity index (χ1v) is 11.6. The minimum atomic E-state index is -1.33. The van der Waals surface area contributed by atoms with Crippen LogP contribution < -0.4 is 4.72 Å². The number of phenolic OH excluding ortho intramolecular Hbond substituents is 1. The summed E-state index contributed by atoms with van der Waals surface area (Å²) in [4.78, 5) is 15.7. The number of aromatic hydroxyl groups is 1. The molecule has 0 spiro atoms. The zero-order valence-electron chi connectivity index (χ0n) is 17.7. The minimum absolute atomic E-state index is 0.0352. The van der Waals surface area contributed by atoms with Gasteiger partial charge in [-0.1, -0.05) is 23.2 Å². The molecular formula is C20H31Cl2N3O3S. The largest absolute Gasteiger partial charge is 0.508 e. The van der Waals surface area contributed by atoms with Crippen LogP contribution in [-0.2, 0) is 15.8 Å². The molecule has 2 atom stereocenters. The van der Waals surface area contributed by atoms with E-state index in [0.717, 1.165) is 25.9 Å². The second-order valence-electron chi connectivity index (χ2n) is 8.70. The predicted molar refractivity (Wildman–Crippen MR) is 120 cm³/mol. The maximum atomic E-state index is 12.8. The van der Waals surface area contributed by atoms with E-state index in [1.165, 1.54) is 6.07 Å². The van der Waals surface area contributed by atoms with Crippen LogP contribution in [0.25, 0.3) is 0 Å². The van der Waals surface area contributed by atoms with Gasteiger partial charge in [-0.25, -0.2) is 8.93 Å². The van der Waals surface area contributed by atoms with E-state index in [9.17, 15) is 14.1 Å². The zero-order chi connectivity index (χ0) is 21.9. The molecule has 1 saturated heterocycles. The van der Waals surface area contributed by atoms with Crippen molar-refractivity contribution in [3.8, 4) is 5.75 Å². The van der Waals surface area contributed by atoms with Crippen LogP contribution in [0.4, 0.5) is 0 Å². The van der Waals surface area contributed by atoms with Crippen LogP contribution in [0.3, 0.4) is 0 Å². The molecule has 6 nitrogen and oxygen atoms in total. The SMILES string of the molecule is CN(C)C(=O)CN1CCC(C(NS(=O)C(C)(C)C)c2cc(Cl)c(Cl)cc2O)CC1. The van der Waals surface area contributed by atoms with Crippen molar-refractivity contribution in [1.29, 1.82) is 0 Å². The maximum Gasteiger partial charge on any atom is 0.236 e. The molecule has 29 heavy (non-hydrogen) atoms. The summed E-state index contributed by atoms with van der Waals surface area (Å²) in [6.45, 7) is 7.61. The van der Waals surface area contributed by atoms with Gasteiger partial charge in [-0.15, -0.1) is 0 Å². The van der Waals surface area contributed by atoms with E-state index in [1.807, 2.05) is 20.8 Å². The fraction of sp³-hybridized carbons (Fsp3) is 0.650. The normalized spacial score (nSPS) is 18.4. The van der Waals surface area contributed by atoms with E-state index in [4.69, 9.17) is 23.2 Å². The first kappa shape index (κ1) is 24.4. The van der Waals surface area contributed by atoms with Gasteiger partial charge >= 0.3 is 0 Å². The van der Waals surface area contributed by atoms with Crippen LogP contribution in [0.2, 0.25) is 10.0 Å². The Bertz CT molecular complexity index is 760. The van der Waals surface area contributed by atoms with E-state index < -0.39 is 15.7 Å². The summed E-state index contributed by atoms with van der Waals surface area (Å²) in [5.41, 5.74) is 0.597. The Morgan fingerprint density at radius 2 is 1.83 bits per heavy atom. The second kappa shape index (κ2) is 9.96. The van der Waals surface area contributed by atoms with Gasteiger partial charge in [0.25, 0.3) is 0 Å². The van der Waals surface area contributed by atoms with Crippen molar-refractivity contribution in [2.45, 2.75) is 44.4 Å². The van der Waals surface area contributed by atoms with Crippen molar-refractivity contribution < 1.29 is 14.1 Å². The van der Waals surface area contributed by atoms with Crippen molar-refractivity contribution in [2.24, 2.45) is 5.92 Å². The average molecular weight is 464 g/mol. The van der Waals surface area contributed by atoms with Gasteiger partial charge < -0.3 is 10.0 Å². The van der Waals surface area contributed by atoms with Crippen LogP contribution in [0.5, 0.6) is 5.75 Å². The van der Waals surface area contributed by atoms with Crippen molar-refractivity contribution in [3.05, 3.63) is 27.7 Å². The summed E-state index contributed by atoms with van der Waals surface area (Å²) < 4.78 is 15.6. The first-order valence-electron chi connectivity index (χ1n) is 9.68. The van der Waals surface area contributed by atoms with Gasteiger partial charge in [0.1, 0.15) is 5.75 Å². The first-order chi connectivity index (χ1) is 13.4. The third-order valence-corrected chi connectivity index (χ3v) is 7.46. The van der Waals surface area contributed by atoms with Crippen molar-refractivity contribution in [1.82, 2.24) is 14.5 Å². The van der Waals surface area contributed by atoms with Gasteiger partial charge in [-0.05, 0) is 58.7 Å². The zero-order valence-corrected chi connectivity index (χ0v) is 20.0. The number of hydrogen-bond donors (Lipinski definition) is 2. The van der Waals surface area contributed by atoms with Crippen molar-refractivity contribution in [2.75, 3.05) is 33.7 Å². The van der Waals surface area contributed by atoms with Crippen LogP contribution in [-0.4, -0.2) is 63.5 Å². The highest BCUT2D eigenvalue weighted by molar-refractivity contribution is 7.84. The van der Waals surface area contributed by atoms with Crippen molar-refractivity contribution in [3.63, 3.8) is 0 Å². The number of rotatable bonds is 6. The highest BCUT2D eigenvalue weighted by Gasteiger charge is 2.33. The van der Waals surface area contributed by atoms with Gasteiger partial charge in [0.2, 0.25) is 5.91 Å². The molecule has 1 fully saturated rings. The number of halogens is 2. The van der Waals surface area contributed by atoms with Crippen molar-refractivity contribution >= 4 is 40.1 Å². The molecule has 1 aliphatic heterocycles. The molecular weight excluding hydrogens is 433 g/mol. The Hall–Kier alpha value is -0.860. The molecule has 164 valence electrons. The van der Waals surface area contributed by atoms with Gasteiger partial charge in [-0.3, -0.25) is 9.69 Å². The summed E-state index contributed by atoms with van der Waals surface area (Å²) in [6.07, 6.45) is 1.61.